The van der Waals surface area contributed by atoms with Crippen molar-refractivity contribution in [3.05, 3.63) is 12.3 Å². The molecule has 1 saturated carbocycles. The molecule has 0 N–H and O–H groups in total. The third-order valence-corrected chi connectivity index (χ3v) is 4.26. The molecular formula is C17H33N. The Balaban J connectivity index is 2.19. The third-order valence-electron chi connectivity index (χ3n) is 4.26. The molecule has 0 saturated heterocycles. The molecular weight excluding hydrogens is 218 g/mol. The van der Waals surface area contributed by atoms with Crippen LogP contribution >= 0.6 is 0 Å². The molecule has 0 aliphatic heterocycles. The predicted octanol–water partition coefficient (Wildman–Crippen LogP) is 5.52. The first kappa shape index (κ1) is 15.6. The van der Waals surface area contributed by atoms with Gasteiger partial charge in [0.2, 0.25) is 0 Å². The number of rotatable bonds is 9. The highest BCUT2D eigenvalue weighted by atomic mass is 15.2. The van der Waals surface area contributed by atoms with E-state index in [0.717, 1.165) is 6.04 Å². The van der Waals surface area contributed by atoms with Gasteiger partial charge in [-0.2, -0.15) is 0 Å². The first-order valence-corrected chi connectivity index (χ1v) is 8.18. The van der Waals surface area contributed by atoms with E-state index in [0.29, 0.717) is 0 Å². The number of unbranched alkanes of at least 4 members (excludes halogenated alkanes) is 5. The second kappa shape index (κ2) is 9.47. The van der Waals surface area contributed by atoms with Crippen molar-refractivity contribution in [1.29, 1.82) is 0 Å². The Bertz CT molecular complexity index is 216. The Morgan fingerprint density at radius 3 is 2.22 bits per heavy atom. The van der Waals surface area contributed by atoms with Gasteiger partial charge in [-0.3, -0.25) is 0 Å². The zero-order chi connectivity index (χ0) is 13.2. The van der Waals surface area contributed by atoms with Crippen molar-refractivity contribution in [2.45, 2.75) is 90.5 Å². The zero-order valence-corrected chi connectivity index (χ0v) is 12.7. The maximum Gasteiger partial charge on any atom is 0.0286 e. The van der Waals surface area contributed by atoms with Crippen molar-refractivity contribution in [3.63, 3.8) is 0 Å². The summed E-state index contributed by atoms with van der Waals surface area (Å²) in [5, 5.41) is 0. The average Bonchev–Trinajstić information content (AvgIpc) is 2.38. The lowest BCUT2D eigenvalue weighted by Gasteiger charge is -2.36. The maximum atomic E-state index is 4.18. The molecule has 0 aromatic heterocycles. The number of nitrogens with zero attached hydrogens (tertiary/aromatic N) is 1. The van der Waals surface area contributed by atoms with Gasteiger partial charge < -0.3 is 4.90 Å². The summed E-state index contributed by atoms with van der Waals surface area (Å²) >= 11 is 0. The van der Waals surface area contributed by atoms with Crippen LogP contribution in [0.15, 0.2) is 12.3 Å². The maximum absolute atomic E-state index is 4.18. The second-order valence-electron chi connectivity index (χ2n) is 5.99. The molecule has 0 radical (unpaired) electrons. The van der Waals surface area contributed by atoms with E-state index in [4.69, 9.17) is 0 Å². The lowest BCUT2D eigenvalue weighted by atomic mass is 9.93. The first-order chi connectivity index (χ1) is 8.75. The van der Waals surface area contributed by atoms with E-state index in [1.54, 1.807) is 0 Å². The van der Waals surface area contributed by atoms with E-state index in [-0.39, 0.29) is 0 Å². The van der Waals surface area contributed by atoms with Crippen LogP contribution in [0.25, 0.3) is 0 Å². The Kier molecular flexibility index (Phi) is 8.20. The molecule has 0 amide bonds. The molecule has 0 spiro atoms. The van der Waals surface area contributed by atoms with Crippen molar-refractivity contribution in [2.24, 2.45) is 0 Å². The quantitative estimate of drug-likeness (QED) is 0.488. The van der Waals surface area contributed by atoms with Gasteiger partial charge in [-0.05, 0) is 26.2 Å². The number of hydrogen-bond donors (Lipinski definition) is 0. The summed E-state index contributed by atoms with van der Waals surface area (Å²) in [7, 11) is 0. The highest BCUT2D eigenvalue weighted by molar-refractivity contribution is 4.93. The molecule has 106 valence electrons. The molecule has 18 heavy (non-hydrogen) atoms. The zero-order valence-electron chi connectivity index (χ0n) is 12.7. The fourth-order valence-corrected chi connectivity index (χ4v) is 3.14. The molecule has 1 aliphatic rings. The fraction of sp³-hybridized carbons (Fsp3) is 0.882. The van der Waals surface area contributed by atoms with E-state index in [9.17, 15) is 0 Å². The SMILES string of the molecule is C=C(C)N(CCCCCCCC)C1CCCCC1. The Hall–Kier alpha value is -0.460. The molecule has 1 fully saturated rings. The third kappa shape index (κ3) is 5.93. The minimum atomic E-state index is 0.798. The summed E-state index contributed by atoms with van der Waals surface area (Å²) in [5.74, 6) is 0. The van der Waals surface area contributed by atoms with Gasteiger partial charge in [-0.15, -0.1) is 0 Å². The molecule has 1 aliphatic carbocycles. The van der Waals surface area contributed by atoms with Crippen LogP contribution in [-0.2, 0) is 0 Å². The van der Waals surface area contributed by atoms with Crippen molar-refractivity contribution in [2.75, 3.05) is 6.54 Å². The van der Waals surface area contributed by atoms with Crippen molar-refractivity contribution < 1.29 is 0 Å². The molecule has 1 nitrogen and oxygen atoms in total. The number of allylic oxidation sites excluding steroid dienone is 1. The monoisotopic (exact) mass is 251 g/mol. The van der Waals surface area contributed by atoms with Gasteiger partial charge >= 0.3 is 0 Å². The lowest BCUT2D eigenvalue weighted by molar-refractivity contribution is 0.197. The van der Waals surface area contributed by atoms with Crippen LogP contribution in [0.5, 0.6) is 0 Å². The van der Waals surface area contributed by atoms with Crippen LogP contribution in [0.3, 0.4) is 0 Å². The normalized spacial score (nSPS) is 16.8. The van der Waals surface area contributed by atoms with Crippen molar-refractivity contribution >= 4 is 0 Å². The van der Waals surface area contributed by atoms with E-state index in [2.05, 4.69) is 25.3 Å². The highest BCUT2D eigenvalue weighted by Gasteiger charge is 2.19. The molecule has 0 heterocycles. The van der Waals surface area contributed by atoms with Gasteiger partial charge in [0.1, 0.15) is 0 Å². The summed E-state index contributed by atoms with van der Waals surface area (Å²) in [4.78, 5) is 2.60. The van der Waals surface area contributed by atoms with Gasteiger partial charge in [0.15, 0.2) is 0 Å². The minimum Gasteiger partial charge on any atom is -0.373 e. The van der Waals surface area contributed by atoms with E-state index >= 15 is 0 Å². The molecule has 1 rings (SSSR count). The van der Waals surface area contributed by atoms with E-state index in [1.807, 2.05) is 0 Å². The summed E-state index contributed by atoms with van der Waals surface area (Å²) < 4.78 is 0. The smallest absolute Gasteiger partial charge is 0.0286 e. The average molecular weight is 251 g/mol. The van der Waals surface area contributed by atoms with Crippen LogP contribution < -0.4 is 0 Å². The van der Waals surface area contributed by atoms with Gasteiger partial charge in [0, 0.05) is 18.3 Å². The van der Waals surface area contributed by atoms with Crippen LogP contribution in [0.1, 0.15) is 84.5 Å². The van der Waals surface area contributed by atoms with Gasteiger partial charge in [0.05, 0.1) is 0 Å². The van der Waals surface area contributed by atoms with Gasteiger partial charge in [-0.1, -0.05) is 64.9 Å². The molecule has 1 heteroatoms. The molecule has 0 bridgehead atoms. The van der Waals surface area contributed by atoms with Crippen LogP contribution in [0.4, 0.5) is 0 Å². The van der Waals surface area contributed by atoms with Gasteiger partial charge in [-0.25, -0.2) is 0 Å². The Morgan fingerprint density at radius 1 is 1.00 bits per heavy atom. The Labute approximate surface area is 115 Å². The molecule has 0 aromatic rings. The van der Waals surface area contributed by atoms with E-state index < -0.39 is 0 Å². The van der Waals surface area contributed by atoms with E-state index in [1.165, 1.54) is 82.9 Å². The lowest BCUT2D eigenvalue weighted by Crippen LogP contribution is -2.35. The molecule has 0 unspecified atom stereocenters. The fourth-order valence-electron chi connectivity index (χ4n) is 3.14. The van der Waals surface area contributed by atoms with Crippen molar-refractivity contribution in [3.8, 4) is 0 Å². The van der Waals surface area contributed by atoms with Crippen LogP contribution in [0, 0.1) is 0 Å². The minimum absolute atomic E-state index is 0.798. The largest absolute Gasteiger partial charge is 0.373 e. The van der Waals surface area contributed by atoms with Crippen LogP contribution in [0.2, 0.25) is 0 Å². The first-order valence-electron chi connectivity index (χ1n) is 8.18. The molecule has 0 aromatic carbocycles. The topological polar surface area (TPSA) is 3.24 Å². The second-order valence-corrected chi connectivity index (χ2v) is 5.99. The standard InChI is InChI=1S/C17H33N/c1-4-5-6-7-8-12-15-18(16(2)3)17-13-10-9-11-14-17/h17H,2,4-15H2,1,3H3. The van der Waals surface area contributed by atoms with Gasteiger partial charge in [0.25, 0.3) is 0 Å². The molecule has 0 atom stereocenters. The highest BCUT2D eigenvalue weighted by Crippen LogP contribution is 2.25. The summed E-state index contributed by atoms with van der Waals surface area (Å²) in [6.45, 7) is 9.90. The number of hydrogen-bond acceptors (Lipinski definition) is 1. The van der Waals surface area contributed by atoms with Crippen LogP contribution in [-0.4, -0.2) is 17.5 Å². The van der Waals surface area contributed by atoms with Crippen molar-refractivity contribution in [1.82, 2.24) is 4.90 Å². The summed E-state index contributed by atoms with van der Waals surface area (Å²) in [6, 6.07) is 0.798. The summed E-state index contributed by atoms with van der Waals surface area (Å²) in [6.07, 6.45) is 15.4. The predicted molar refractivity (Wildman–Crippen MR) is 81.8 cm³/mol. The Morgan fingerprint density at radius 2 is 1.61 bits per heavy atom. The summed E-state index contributed by atoms with van der Waals surface area (Å²) in [5.41, 5.74) is 1.29.